The second-order valence-corrected chi connectivity index (χ2v) is 17.8. The zero-order valence-corrected chi connectivity index (χ0v) is 35.4. The fourth-order valence-electron chi connectivity index (χ4n) is 5.55. The van der Waals surface area contributed by atoms with Gasteiger partial charge in [-0.15, -0.1) is 45.3 Å². The van der Waals surface area contributed by atoms with Crippen molar-refractivity contribution in [1.29, 1.82) is 0 Å². The van der Waals surface area contributed by atoms with Gasteiger partial charge in [-0.3, -0.25) is 43.2 Å². The first-order chi connectivity index (χ1) is 28.5. The smallest absolute Gasteiger partial charge is 0.326 e. The summed E-state index contributed by atoms with van der Waals surface area (Å²) in [5.41, 5.74) is 0. The molecule has 2 atom stereocenters. The lowest BCUT2D eigenvalue weighted by atomic mass is 9.93. The summed E-state index contributed by atoms with van der Waals surface area (Å²) in [5, 5.41) is 34.0. The quantitative estimate of drug-likeness (QED) is 0.0423. The highest BCUT2D eigenvalue weighted by atomic mass is 32.1. The normalized spacial score (nSPS) is 11.9. The van der Waals surface area contributed by atoms with Crippen LogP contribution in [0.4, 0.5) is 0 Å². The van der Waals surface area contributed by atoms with Crippen LogP contribution in [0.5, 0.6) is 0 Å². The van der Waals surface area contributed by atoms with Gasteiger partial charge in [0.05, 0.1) is 22.8 Å². The number of Topliss-reactive ketones (excluding diaryl/α,β-unsaturated/α-hetero) is 4. The summed E-state index contributed by atoms with van der Waals surface area (Å²) in [6.07, 6.45) is -1.88. The number of carboxylic acid groups (broad SMARTS) is 3. The van der Waals surface area contributed by atoms with Crippen molar-refractivity contribution in [3.63, 3.8) is 0 Å². The number of hydrogen-bond donors (Lipinski definition) is 6. The van der Waals surface area contributed by atoms with E-state index in [1.165, 1.54) is 40.9 Å². The molecular weight excluding hydrogens is 859 g/mol. The first kappa shape index (κ1) is 47.0. The molecular formula is C40H41N3O13S4. The molecule has 6 N–H and O–H groups in total. The number of nitrogens with one attached hydrogen (secondary N) is 3. The zero-order chi connectivity index (χ0) is 43.9. The van der Waals surface area contributed by atoms with Gasteiger partial charge in [-0.2, -0.15) is 0 Å². The van der Waals surface area contributed by atoms with E-state index in [1.807, 2.05) is 30.3 Å². The minimum atomic E-state index is -1.39. The molecule has 4 aromatic rings. The van der Waals surface area contributed by atoms with Gasteiger partial charge in [-0.05, 0) is 68.3 Å². The lowest BCUT2D eigenvalue weighted by molar-refractivity contribution is -0.143. The van der Waals surface area contributed by atoms with E-state index in [0.29, 0.717) is 9.75 Å². The Morgan fingerprint density at radius 2 is 1.02 bits per heavy atom. The maximum absolute atomic E-state index is 12.9. The van der Waals surface area contributed by atoms with E-state index in [4.69, 9.17) is 10.2 Å². The molecule has 0 bridgehead atoms. The Hall–Kier alpha value is -5.70. The number of thiophene rings is 4. The van der Waals surface area contributed by atoms with Crippen LogP contribution in [-0.2, 0) is 38.4 Å². The molecule has 4 rings (SSSR count). The zero-order valence-electron chi connectivity index (χ0n) is 32.1. The van der Waals surface area contributed by atoms with Crippen LogP contribution < -0.4 is 16.0 Å². The number of carbonyl (C=O) groups excluding carboxylic acids is 7. The van der Waals surface area contributed by atoms with Gasteiger partial charge >= 0.3 is 17.9 Å². The molecule has 4 aromatic heterocycles. The van der Waals surface area contributed by atoms with Crippen molar-refractivity contribution in [2.75, 3.05) is 13.1 Å². The first-order valence-electron chi connectivity index (χ1n) is 18.5. The maximum atomic E-state index is 12.9. The molecule has 0 aliphatic carbocycles. The maximum Gasteiger partial charge on any atom is 0.326 e. The van der Waals surface area contributed by atoms with Gasteiger partial charge in [0.2, 0.25) is 11.8 Å². The summed E-state index contributed by atoms with van der Waals surface area (Å²) >= 11 is 5.61. The fourth-order valence-corrected chi connectivity index (χ4v) is 9.73. The van der Waals surface area contributed by atoms with E-state index < -0.39 is 65.6 Å². The standard InChI is InChI=1S/C40H41N3O13S4/c1-21(44)22(2-16-37(50)51)18-24(46)20-41-35(48)15-5-26(47)27-6-7-28(57-27)29-8-9-30(58-29)31-10-11-32(59-31)33-12-13-34(60-33)39(54)42-19-23(45)3-14-36(49)43-25(40(55)56)4-17-38(52)53/h6-13,22,25H,2-5,14-20H2,1H3,(H,41,48)(H,42,54)(H,43,49)(H,50,51)(H,52,53)(H,55,56)/t22-,25+/m1/s1. The largest absolute Gasteiger partial charge is 0.481 e. The number of hydrogen-bond acceptors (Lipinski definition) is 14. The average molecular weight is 900 g/mol. The Kier molecular flexibility index (Phi) is 17.7. The van der Waals surface area contributed by atoms with Gasteiger partial charge in [0.25, 0.3) is 5.91 Å². The summed E-state index contributed by atoms with van der Waals surface area (Å²) in [4.78, 5) is 126. The Labute approximate surface area is 359 Å². The molecule has 0 radical (unpaired) electrons. The Morgan fingerprint density at radius 1 is 0.533 bits per heavy atom. The van der Waals surface area contributed by atoms with E-state index in [0.717, 1.165) is 29.3 Å². The van der Waals surface area contributed by atoms with E-state index >= 15 is 0 Å². The molecule has 60 heavy (non-hydrogen) atoms. The van der Waals surface area contributed by atoms with Crippen LogP contribution in [0, 0.1) is 5.92 Å². The van der Waals surface area contributed by atoms with Crippen LogP contribution in [0.25, 0.3) is 29.3 Å². The molecule has 3 amide bonds. The van der Waals surface area contributed by atoms with Crippen LogP contribution in [0.15, 0.2) is 48.5 Å². The van der Waals surface area contributed by atoms with Crippen molar-refractivity contribution in [3.8, 4) is 29.3 Å². The molecule has 0 fully saturated rings. The Balaban J connectivity index is 1.22. The highest BCUT2D eigenvalue weighted by Crippen LogP contribution is 2.43. The first-order valence-corrected chi connectivity index (χ1v) is 21.7. The van der Waals surface area contributed by atoms with Crippen LogP contribution in [0.3, 0.4) is 0 Å². The lowest BCUT2D eigenvalue weighted by Crippen LogP contribution is -2.41. The predicted octanol–water partition coefficient (Wildman–Crippen LogP) is 5.56. The summed E-state index contributed by atoms with van der Waals surface area (Å²) in [7, 11) is 0. The van der Waals surface area contributed by atoms with Crippen molar-refractivity contribution in [2.24, 2.45) is 5.92 Å². The Bertz CT molecular complexity index is 2110. The molecule has 16 nitrogen and oxygen atoms in total. The SMILES string of the molecule is CC(=O)[C@H](CCC(=O)O)CC(=O)CNC(=O)CCC(=O)c1ccc(-c2ccc(-c3ccc(-c4ccc(C(=O)NCC(=O)CCC(=O)N[C@@H](CCC(=O)O)C(=O)O)s4)s3)s2)s1. The summed E-state index contributed by atoms with van der Waals surface area (Å²) in [5.74, 6) is -7.43. The minimum Gasteiger partial charge on any atom is -0.481 e. The number of carboxylic acids is 3. The van der Waals surface area contributed by atoms with E-state index in [1.54, 1.807) is 29.5 Å². The summed E-state index contributed by atoms with van der Waals surface area (Å²) < 4.78 is 0. The monoisotopic (exact) mass is 899 g/mol. The van der Waals surface area contributed by atoms with Crippen LogP contribution in [-0.4, -0.2) is 93.2 Å². The molecule has 0 saturated carbocycles. The second-order valence-electron chi connectivity index (χ2n) is 13.5. The Morgan fingerprint density at radius 3 is 1.57 bits per heavy atom. The molecule has 0 aliphatic heterocycles. The van der Waals surface area contributed by atoms with Crippen LogP contribution in [0.2, 0.25) is 0 Å². The third-order valence-corrected chi connectivity index (χ3v) is 13.8. The highest BCUT2D eigenvalue weighted by molar-refractivity contribution is 7.29. The minimum absolute atomic E-state index is 0.0387. The van der Waals surface area contributed by atoms with Crippen molar-refractivity contribution in [3.05, 3.63) is 58.3 Å². The van der Waals surface area contributed by atoms with Crippen LogP contribution >= 0.6 is 45.3 Å². The molecule has 0 aromatic carbocycles. The number of carbonyl (C=O) groups is 10. The topological polar surface area (TPSA) is 267 Å². The van der Waals surface area contributed by atoms with Gasteiger partial charge in [0, 0.05) is 80.1 Å². The van der Waals surface area contributed by atoms with Crippen molar-refractivity contribution in [1.82, 2.24) is 16.0 Å². The van der Waals surface area contributed by atoms with Gasteiger partial charge in [-0.25, -0.2) is 4.79 Å². The third-order valence-electron chi connectivity index (χ3n) is 8.83. The van der Waals surface area contributed by atoms with Gasteiger partial charge in [-0.1, -0.05) is 0 Å². The number of rotatable bonds is 26. The third kappa shape index (κ3) is 14.8. The van der Waals surface area contributed by atoms with Gasteiger partial charge < -0.3 is 31.3 Å². The highest BCUT2D eigenvalue weighted by Gasteiger charge is 2.23. The summed E-state index contributed by atoms with van der Waals surface area (Å²) in [6, 6.07) is 13.4. The molecule has 0 aliphatic rings. The van der Waals surface area contributed by atoms with Crippen molar-refractivity contribution in [2.45, 2.75) is 70.8 Å². The van der Waals surface area contributed by atoms with Crippen molar-refractivity contribution < 1.29 is 63.3 Å². The number of aliphatic carboxylic acids is 3. The molecule has 4 heterocycles. The fraction of sp³-hybridized carbons (Fsp3) is 0.350. The number of amides is 3. The molecule has 20 heteroatoms. The van der Waals surface area contributed by atoms with E-state index in [9.17, 15) is 53.1 Å². The second kappa shape index (κ2) is 22.6. The summed E-state index contributed by atoms with van der Waals surface area (Å²) in [6.45, 7) is 0.641. The van der Waals surface area contributed by atoms with E-state index in [-0.39, 0.29) is 76.0 Å². The van der Waals surface area contributed by atoms with E-state index in [2.05, 4.69) is 16.0 Å². The molecule has 0 unspecified atom stereocenters. The van der Waals surface area contributed by atoms with Gasteiger partial charge in [0.1, 0.15) is 11.8 Å². The van der Waals surface area contributed by atoms with Crippen molar-refractivity contribution >= 4 is 104 Å². The molecule has 0 saturated heterocycles. The van der Waals surface area contributed by atoms with Crippen LogP contribution in [0.1, 0.15) is 84.1 Å². The van der Waals surface area contributed by atoms with Gasteiger partial charge in [0.15, 0.2) is 17.3 Å². The molecule has 318 valence electrons. The lowest BCUT2D eigenvalue weighted by Gasteiger charge is -2.13. The molecule has 0 spiro atoms. The predicted molar refractivity (Wildman–Crippen MR) is 225 cm³/mol. The average Bonchev–Trinajstić information content (AvgIpc) is 4.04. The number of ketones is 4.